The van der Waals surface area contributed by atoms with E-state index in [1.807, 2.05) is 55.6 Å². The van der Waals surface area contributed by atoms with Crippen molar-refractivity contribution in [3.8, 4) is 28.6 Å². The molecule has 0 aliphatic heterocycles. The van der Waals surface area contributed by atoms with Crippen LogP contribution in [0.4, 0.5) is 0 Å². The summed E-state index contributed by atoms with van der Waals surface area (Å²) in [5.41, 5.74) is 2.28. The van der Waals surface area contributed by atoms with Gasteiger partial charge < -0.3 is 38.8 Å². The Morgan fingerprint density at radius 3 is 2.23 bits per heavy atom. The molecule has 232 valence electrons. The summed E-state index contributed by atoms with van der Waals surface area (Å²) in [4.78, 5) is 33.7. The Morgan fingerprint density at radius 1 is 0.909 bits per heavy atom. The first kappa shape index (κ1) is 33.4. The smallest absolute Gasteiger partial charge is 0.328 e. The first-order chi connectivity index (χ1) is 21.1. The van der Waals surface area contributed by atoms with Crippen molar-refractivity contribution < 1.29 is 43.5 Å². The number of aliphatic carboxylic acids is 2. The largest absolute Gasteiger partial charge is 0.493 e. The second-order valence-corrected chi connectivity index (χ2v) is 9.68. The van der Waals surface area contributed by atoms with Gasteiger partial charge in [0.25, 0.3) is 0 Å². The standard InChI is InChI=1S/C29H31NO6.C4H4O4/c1-30(14-13-20-9-12-26(33-2)29(15-20)34-3)18-22(31)19-35-23-10-11-24-25(32)17-27(36-28(24)16-23)21-7-5-4-6-8-21;5-3(6)1-2-4(7)8/h4-12,15-17,22,31H,13-14,18-19H2,1-3H3;1-2H,(H,5,6)(H,7,8)/b;2-1-. The summed E-state index contributed by atoms with van der Waals surface area (Å²) in [6.07, 6.45) is 1.24. The van der Waals surface area contributed by atoms with Crippen molar-refractivity contribution in [2.75, 3.05) is 41.0 Å². The lowest BCUT2D eigenvalue weighted by Crippen LogP contribution is -2.34. The third kappa shape index (κ3) is 10.3. The number of nitrogens with zero attached hydrogens (tertiary/aromatic N) is 1. The van der Waals surface area contributed by atoms with Gasteiger partial charge in [-0.3, -0.25) is 4.79 Å². The van der Waals surface area contributed by atoms with Gasteiger partial charge in [-0.15, -0.1) is 0 Å². The fourth-order valence-corrected chi connectivity index (χ4v) is 4.16. The monoisotopic (exact) mass is 605 g/mol. The summed E-state index contributed by atoms with van der Waals surface area (Å²) in [5, 5.41) is 26.6. The summed E-state index contributed by atoms with van der Waals surface area (Å²) < 4.78 is 22.4. The number of rotatable bonds is 13. The predicted molar refractivity (Wildman–Crippen MR) is 165 cm³/mol. The number of hydrogen-bond donors (Lipinski definition) is 3. The molecular formula is C33H35NO10. The Bertz CT molecular complexity index is 1620. The van der Waals surface area contributed by atoms with Crippen molar-refractivity contribution >= 4 is 22.9 Å². The van der Waals surface area contributed by atoms with Gasteiger partial charge in [0.2, 0.25) is 0 Å². The highest BCUT2D eigenvalue weighted by Gasteiger charge is 2.12. The van der Waals surface area contributed by atoms with Crippen molar-refractivity contribution in [3.63, 3.8) is 0 Å². The molecule has 0 aliphatic carbocycles. The summed E-state index contributed by atoms with van der Waals surface area (Å²) in [6, 6.07) is 21.9. The number of fused-ring (bicyclic) bond motifs is 1. The van der Waals surface area contributed by atoms with Gasteiger partial charge in [-0.25, -0.2) is 9.59 Å². The van der Waals surface area contributed by atoms with E-state index in [4.69, 9.17) is 28.8 Å². The van der Waals surface area contributed by atoms with Gasteiger partial charge in [0.1, 0.15) is 29.8 Å². The van der Waals surface area contributed by atoms with Crippen molar-refractivity contribution in [2.24, 2.45) is 0 Å². The molecule has 1 unspecified atom stereocenters. The molecule has 0 bridgehead atoms. The van der Waals surface area contributed by atoms with Crippen LogP contribution < -0.4 is 19.6 Å². The summed E-state index contributed by atoms with van der Waals surface area (Å²) in [6.45, 7) is 1.33. The normalized spacial score (nSPS) is 11.6. The SMILES string of the molecule is COc1ccc(CCN(C)CC(O)COc2ccc3c(=O)cc(-c4ccccc4)oc3c2)cc1OC.O=C(O)/C=C\C(=O)O. The van der Waals surface area contributed by atoms with E-state index in [-0.39, 0.29) is 12.0 Å². The summed E-state index contributed by atoms with van der Waals surface area (Å²) in [7, 11) is 5.19. The van der Waals surface area contributed by atoms with Gasteiger partial charge in [0.05, 0.1) is 19.6 Å². The minimum absolute atomic E-state index is 0.113. The van der Waals surface area contributed by atoms with Crippen LogP contribution in [0.3, 0.4) is 0 Å². The topological polar surface area (TPSA) is 156 Å². The van der Waals surface area contributed by atoms with Crippen LogP contribution in [0, 0.1) is 0 Å². The number of hydrogen-bond acceptors (Lipinski definition) is 9. The van der Waals surface area contributed by atoms with E-state index in [0.717, 1.165) is 24.1 Å². The minimum Gasteiger partial charge on any atom is -0.493 e. The highest BCUT2D eigenvalue weighted by molar-refractivity contribution is 5.89. The molecule has 1 atom stereocenters. The van der Waals surface area contributed by atoms with Crippen LogP contribution in [0.25, 0.3) is 22.3 Å². The molecule has 0 saturated carbocycles. The molecule has 1 aromatic heterocycles. The van der Waals surface area contributed by atoms with Crippen LogP contribution in [-0.4, -0.2) is 79.2 Å². The van der Waals surface area contributed by atoms with Gasteiger partial charge in [-0.1, -0.05) is 36.4 Å². The lowest BCUT2D eigenvalue weighted by atomic mass is 10.1. The molecule has 4 rings (SSSR count). The lowest BCUT2D eigenvalue weighted by molar-refractivity contribution is -0.134. The molecule has 0 saturated heterocycles. The highest BCUT2D eigenvalue weighted by atomic mass is 16.5. The maximum Gasteiger partial charge on any atom is 0.328 e. The van der Waals surface area contributed by atoms with Crippen LogP contribution in [-0.2, 0) is 16.0 Å². The van der Waals surface area contributed by atoms with E-state index in [1.54, 1.807) is 32.4 Å². The van der Waals surface area contributed by atoms with Crippen LogP contribution in [0.2, 0.25) is 0 Å². The van der Waals surface area contributed by atoms with Gasteiger partial charge in [-0.2, -0.15) is 0 Å². The molecule has 0 fully saturated rings. The second-order valence-electron chi connectivity index (χ2n) is 9.68. The van der Waals surface area contributed by atoms with Crippen LogP contribution in [0.5, 0.6) is 17.2 Å². The molecule has 0 radical (unpaired) electrons. The van der Waals surface area contributed by atoms with Crippen LogP contribution in [0.1, 0.15) is 5.56 Å². The number of carboxylic acid groups (broad SMARTS) is 2. The van der Waals surface area contributed by atoms with E-state index < -0.39 is 18.0 Å². The zero-order valence-electron chi connectivity index (χ0n) is 24.6. The number of methoxy groups -OCH3 is 2. The number of benzene rings is 3. The molecule has 0 aliphatic rings. The van der Waals surface area contributed by atoms with Crippen molar-refractivity contribution in [2.45, 2.75) is 12.5 Å². The lowest BCUT2D eigenvalue weighted by Gasteiger charge is -2.21. The Hall–Kier alpha value is -5.13. The minimum atomic E-state index is -1.26. The first-order valence-electron chi connectivity index (χ1n) is 13.6. The quantitative estimate of drug-likeness (QED) is 0.189. The van der Waals surface area contributed by atoms with E-state index in [9.17, 15) is 19.5 Å². The molecule has 4 aromatic rings. The first-order valence-corrected chi connectivity index (χ1v) is 13.6. The van der Waals surface area contributed by atoms with Gasteiger partial charge in [-0.05, 0) is 43.3 Å². The number of likely N-dealkylation sites (N-methyl/N-ethyl adjacent to an activating group) is 1. The summed E-state index contributed by atoms with van der Waals surface area (Å²) in [5.74, 6) is -0.0799. The fourth-order valence-electron chi connectivity index (χ4n) is 4.16. The van der Waals surface area contributed by atoms with Crippen molar-refractivity contribution in [1.29, 1.82) is 0 Å². The predicted octanol–water partition coefficient (Wildman–Crippen LogP) is 4.10. The van der Waals surface area contributed by atoms with Crippen molar-refractivity contribution in [3.05, 3.63) is 101 Å². The molecule has 44 heavy (non-hydrogen) atoms. The van der Waals surface area contributed by atoms with Gasteiger partial charge in [0.15, 0.2) is 16.9 Å². The Kier molecular flexibility index (Phi) is 12.5. The van der Waals surface area contributed by atoms with Crippen LogP contribution in [0.15, 0.2) is 94.2 Å². The average Bonchev–Trinajstić information content (AvgIpc) is 3.02. The third-order valence-electron chi connectivity index (χ3n) is 6.32. The molecule has 1 heterocycles. The summed E-state index contributed by atoms with van der Waals surface area (Å²) >= 11 is 0. The molecule has 0 spiro atoms. The molecule has 3 aromatic carbocycles. The molecule has 3 N–H and O–H groups in total. The molecule has 0 amide bonds. The maximum atomic E-state index is 12.5. The van der Waals surface area contributed by atoms with E-state index >= 15 is 0 Å². The fraction of sp³-hybridized carbons (Fsp3) is 0.242. The Labute approximate surface area is 254 Å². The zero-order valence-corrected chi connectivity index (χ0v) is 24.6. The van der Waals surface area contributed by atoms with E-state index in [0.29, 0.717) is 52.7 Å². The van der Waals surface area contributed by atoms with Crippen molar-refractivity contribution in [1.82, 2.24) is 4.90 Å². The van der Waals surface area contributed by atoms with Crippen LogP contribution >= 0.6 is 0 Å². The van der Waals surface area contributed by atoms with E-state index in [1.165, 1.54) is 6.07 Å². The van der Waals surface area contributed by atoms with E-state index in [2.05, 4.69) is 4.90 Å². The number of aliphatic hydroxyl groups excluding tert-OH is 1. The highest BCUT2D eigenvalue weighted by Crippen LogP contribution is 2.28. The second kappa shape index (κ2) is 16.5. The zero-order chi connectivity index (χ0) is 32.1. The maximum absolute atomic E-state index is 12.5. The molecule has 11 nitrogen and oxygen atoms in total. The molecule has 11 heteroatoms. The Balaban J connectivity index is 0.000000583. The third-order valence-corrected chi connectivity index (χ3v) is 6.32. The number of carboxylic acids is 2. The molecular weight excluding hydrogens is 570 g/mol. The number of carbonyl (C=O) groups is 2. The number of aliphatic hydroxyl groups is 1. The average molecular weight is 606 g/mol. The van der Waals surface area contributed by atoms with Gasteiger partial charge >= 0.3 is 11.9 Å². The van der Waals surface area contributed by atoms with Gasteiger partial charge in [0, 0.05) is 42.9 Å². The Morgan fingerprint density at radius 2 is 1.59 bits per heavy atom. The number of ether oxygens (including phenoxy) is 3.